The number of carbonyl (C=O) groups excluding carboxylic acids is 1. The zero-order valence-corrected chi connectivity index (χ0v) is 12.1. The van der Waals surface area contributed by atoms with Gasteiger partial charge in [0.15, 0.2) is 0 Å². The second-order valence-corrected chi connectivity index (χ2v) is 4.26. The molecule has 7 nitrogen and oxygen atoms in total. The summed E-state index contributed by atoms with van der Waals surface area (Å²) in [6.45, 7) is 6.24. The Morgan fingerprint density at radius 2 is 1.45 bits per heavy atom. The van der Waals surface area contributed by atoms with Crippen LogP contribution in [0, 0.1) is 0 Å². The van der Waals surface area contributed by atoms with Crippen LogP contribution in [0.3, 0.4) is 0 Å². The summed E-state index contributed by atoms with van der Waals surface area (Å²) < 4.78 is 20.5. The largest absolute Gasteiger partial charge is 0.481 e. The highest BCUT2D eigenvalue weighted by atomic mass is 16.6. The monoisotopic (exact) mass is 292 g/mol. The molecule has 0 aliphatic heterocycles. The van der Waals surface area contributed by atoms with E-state index in [1.54, 1.807) is 0 Å². The molecule has 0 saturated carbocycles. The summed E-state index contributed by atoms with van der Waals surface area (Å²) in [5, 5.41) is 8.37. The first-order chi connectivity index (χ1) is 9.52. The van der Waals surface area contributed by atoms with Gasteiger partial charge < -0.3 is 24.1 Å². The third kappa shape index (κ3) is 14.9. The first-order valence-electron chi connectivity index (χ1n) is 6.67. The summed E-state index contributed by atoms with van der Waals surface area (Å²) in [4.78, 5) is 21.2. The highest BCUT2D eigenvalue weighted by Crippen LogP contribution is 1.93. The predicted octanol–water partition coefficient (Wildman–Crippen LogP) is 0.853. The van der Waals surface area contributed by atoms with Crippen molar-refractivity contribution >= 4 is 11.9 Å². The molecule has 7 heteroatoms. The van der Waals surface area contributed by atoms with Gasteiger partial charge in [0, 0.05) is 0 Å². The molecule has 0 heterocycles. The molecule has 1 N–H and O–H groups in total. The number of hydrogen-bond donors (Lipinski definition) is 1. The van der Waals surface area contributed by atoms with Crippen LogP contribution in [0.15, 0.2) is 0 Å². The Kier molecular flexibility index (Phi) is 12.1. The van der Waals surface area contributed by atoms with E-state index in [0.717, 1.165) is 0 Å². The molecular formula is C13H24O7. The minimum atomic E-state index is -1.02. The Bertz CT molecular complexity index is 265. The van der Waals surface area contributed by atoms with Gasteiger partial charge in [-0.3, -0.25) is 9.59 Å². The summed E-state index contributed by atoms with van der Waals surface area (Å²) in [5.41, 5.74) is 0. The minimum Gasteiger partial charge on any atom is -0.481 e. The van der Waals surface area contributed by atoms with Crippen LogP contribution in [-0.4, -0.2) is 62.8 Å². The van der Waals surface area contributed by atoms with Crippen molar-refractivity contribution in [3.8, 4) is 0 Å². The molecule has 0 aromatic heterocycles. The lowest BCUT2D eigenvalue weighted by Crippen LogP contribution is -2.15. The molecular weight excluding hydrogens is 268 g/mol. The van der Waals surface area contributed by atoms with Crippen LogP contribution in [0.5, 0.6) is 0 Å². The second-order valence-electron chi connectivity index (χ2n) is 4.26. The van der Waals surface area contributed by atoms with E-state index in [2.05, 4.69) is 0 Å². The average molecular weight is 292 g/mol. The van der Waals surface area contributed by atoms with Gasteiger partial charge in [0.25, 0.3) is 0 Å². The molecule has 0 aromatic carbocycles. The van der Waals surface area contributed by atoms with E-state index in [9.17, 15) is 9.59 Å². The third-order valence-electron chi connectivity index (χ3n) is 2.08. The van der Waals surface area contributed by atoms with Crippen LogP contribution >= 0.6 is 0 Å². The van der Waals surface area contributed by atoms with Crippen LogP contribution in [0.1, 0.15) is 26.7 Å². The van der Waals surface area contributed by atoms with E-state index in [-0.39, 0.29) is 32.2 Å². The molecule has 0 fully saturated rings. The molecule has 0 aromatic rings. The lowest BCUT2D eigenvalue weighted by Gasteiger charge is -2.08. The molecule has 20 heavy (non-hydrogen) atoms. The summed E-state index contributed by atoms with van der Waals surface area (Å²) in [6.07, 6.45) is -0.133. The van der Waals surface area contributed by atoms with E-state index in [0.29, 0.717) is 26.4 Å². The van der Waals surface area contributed by atoms with Crippen molar-refractivity contribution in [2.75, 3.05) is 39.6 Å². The third-order valence-corrected chi connectivity index (χ3v) is 2.08. The zero-order chi connectivity index (χ0) is 15.2. The summed E-state index contributed by atoms with van der Waals surface area (Å²) in [6, 6.07) is 0. The van der Waals surface area contributed by atoms with Gasteiger partial charge in [-0.1, -0.05) is 0 Å². The Labute approximate surface area is 119 Å². The highest BCUT2D eigenvalue weighted by molar-refractivity contribution is 5.76. The maximum atomic E-state index is 11.0. The SMILES string of the molecule is CC(C)OCCOCCOCCOC(=O)CCC(=O)O. The van der Waals surface area contributed by atoms with Crippen molar-refractivity contribution < 1.29 is 33.6 Å². The van der Waals surface area contributed by atoms with Crippen LogP contribution in [0.25, 0.3) is 0 Å². The summed E-state index contributed by atoms with van der Waals surface area (Å²) in [5.74, 6) is -1.55. The molecule has 0 aliphatic rings. The Morgan fingerprint density at radius 3 is 2.00 bits per heavy atom. The quantitative estimate of drug-likeness (QED) is 0.397. The van der Waals surface area contributed by atoms with Gasteiger partial charge in [-0.25, -0.2) is 0 Å². The maximum Gasteiger partial charge on any atom is 0.306 e. The molecule has 0 bridgehead atoms. The Morgan fingerprint density at radius 1 is 0.900 bits per heavy atom. The van der Waals surface area contributed by atoms with E-state index in [1.165, 1.54) is 0 Å². The van der Waals surface area contributed by atoms with Crippen molar-refractivity contribution in [2.24, 2.45) is 0 Å². The number of carboxylic acids is 1. The number of rotatable bonds is 13. The van der Waals surface area contributed by atoms with E-state index in [1.807, 2.05) is 13.8 Å². The minimum absolute atomic E-state index is 0.117. The first-order valence-corrected chi connectivity index (χ1v) is 6.67. The van der Waals surface area contributed by atoms with Gasteiger partial charge >= 0.3 is 11.9 Å². The Balaban J connectivity index is 3.16. The highest BCUT2D eigenvalue weighted by Gasteiger charge is 2.05. The van der Waals surface area contributed by atoms with Crippen LogP contribution < -0.4 is 0 Å². The van der Waals surface area contributed by atoms with Crippen LogP contribution in [0.2, 0.25) is 0 Å². The van der Waals surface area contributed by atoms with Gasteiger partial charge in [-0.15, -0.1) is 0 Å². The lowest BCUT2D eigenvalue weighted by molar-refractivity contribution is -0.149. The van der Waals surface area contributed by atoms with Crippen molar-refractivity contribution in [3.05, 3.63) is 0 Å². The molecule has 118 valence electrons. The van der Waals surface area contributed by atoms with Crippen molar-refractivity contribution in [2.45, 2.75) is 32.8 Å². The van der Waals surface area contributed by atoms with E-state index in [4.69, 9.17) is 24.1 Å². The van der Waals surface area contributed by atoms with Gasteiger partial charge in [0.1, 0.15) is 6.61 Å². The van der Waals surface area contributed by atoms with Gasteiger partial charge in [0.05, 0.1) is 52.0 Å². The number of hydrogen-bond acceptors (Lipinski definition) is 6. The molecule has 0 aliphatic carbocycles. The van der Waals surface area contributed by atoms with Crippen LogP contribution in [0.4, 0.5) is 0 Å². The zero-order valence-electron chi connectivity index (χ0n) is 12.1. The standard InChI is InChI=1S/C13H24O7/c1-11(2)19-9-7-17-5-6-18-8-10-20-13(16)4-3-12(14)15/h11H,3-10H2,1-2H3,(H,14,15). The smallest absolute Gasteiger partial charge is 0.306 e. The molecule has 0 unspecified atom stereocenters. The summed E-state index contributed by atoms with van der Waals surface area (Å²) in [7, 11) is 0. The molecule has 0 saturated heterocycles. The summed E-state index contributed by atoms with van der Waals surface area (Å²) >= 11 is 0. The second kappa shape index (κ2) is 12.8. The topological polar surface area (TPSA) is 91.3 Å². The fourth-order valence-corrected chi connectivity index (χ4v) is 1.16. The number of ether oxygens (including phenoxy) is 4. The lowest BCUT2D eigenvalue weighted by atomic mass is 10.3. The molecule has 0 rings (SSSR count). The van der Waals surface area contributed by atoms with Gasteiger partial charge in [-0.2, -0.15) is 0 Å². The van der Waals surface area contributed by atoms with Crippen LogP contribution in [-0.2, 0) is 28.5 Å². The number of aliphatic carboxylic acids is 1. The molecule has 0 radical (unpaired) electrons. The fraction of sp³-hybridized carbons (Fsp3) is 0.846. The molecule has 0 amide bonds. The number of carboxylic acid groups (broad SMARTS) is 1. The van der Waals surface area contributed by atoms with E-state index >= 15 is 0 Å². The van der Waals surface area contributed by atoms with Crippen molar-refractivity contribution in [1.29, 1.82) is 0 Å². The normalized spacial score (nSPS) is 10.8. The number of carbonyl (C=O) groups is 2. The maximum absolute atomic E-state index is 11.0. The van der Waals surface area contributed by atoms with Crippen molar-refractivity contribution in [3.63, 3.8) is 0 Å². The fourth-order valence-electron chi connectivity index (χ4n) is 1.16. The first kappa shape index (κ1) is 18.8. The van der Waals surface area contributed by atoms with Gasteiger partial charge in [-0.05, 0) is 13.8 Å². The molecule has 0 atom stereocenters. The van der Waals surface area contributed by atoms with E-state index < -0.39 is 11.9 Å². The Hall–Kier alpha value is -1.18. The number of esters is 1. The predicted molar refractivity (Wildman–Crippen MR) is 70.6 cm³/mol. The van der Waals surface area contributed by atoms with Crippen molar-refractivity contribution in [1.82, 2.24) is 0 Å². The van der Waals surface area contributed by atoms with Gasteiger partial charge in [0.2, 0.25) is 0 Å². The molecule has 0 spiro atoms. The average Bonchev–Trinajstić information content (AvgIpc) is 2.38.